The quantitative estimate of drug-likeness (QED) is 0.524. The number of benzene rings is 1. The van der Waals surface area contributed by atoms with Crippen molar-refractivity contribution in [3.63, 3.8) is 0 Å². The van der Waals surface area contributed by atoms with Crippen LogP contribution in [0.25, 0.3) is 0 Å². The van der Waals surface area contributed by atoms with Gasteiger partial charge in [0.15, 0.2) is 0 Å². The molecule has 1 fully saturated rings. The van der Waals surface area contributed by atoms with Crippen LogP contribution in [-0.2, 0) is 9.59 Å². The fourth-order valence-corrected chi connectivity index (χ4v) is 3.06. The summed E-state index contributed by atoms with van der Waals surface area (Å²) in [6.07, 6.45) is 1.38. The van der Waals surface area contributed by atoms with Gasteiger partial charge in [0, 0.05) is 3.57 Å². The van der Waals surface area contributed by atoms with E-state index < -0.39 is 17.5 Å². The zero-order valence-electron chi connectivity index (χ0n) is 14.1. The Bertz CT molecular complexity index is 662. The van der Waals surface area contributed by atoms with Gasteiger partial charge in [-0.2, -0.15) is 0 Å². The van der Waals surface area contributed by atoms with E-state index in [0.717, 1.165) is 14.9 Å². The van der Waals surface area contributed by atoms with Crippen LogP contribution in [0.2, 0.25) is 0 Å². The Hall–Kier alpha value is -1.64. The fourth-order valence-electron chi connectivity index (χ4n) is 2.53. The van der Waals surface area contributed by atoms with Crippen LogP contribution in [0.15, 0.2) is 24.3 Å². The van der Waals surface area contributed by atoms with Crippen molar-refractivity contribution in [3.8, 4) is 0 Å². The molecule has 2 rings (SSSR count). The van der Waals surface area contributed by atoms with Crippen LogP contribution in [0.4, 0.5) is 10.5 Å². The van der Waals surface area contributed by atoms with Gasteiger partial charge in [-0.3, -0.25) is 14.5 Å². The average molecular weight is 443 g/mol. The van der Waals surface area contributed by atoms with E-state index in [1.54, 1.807) is 13.0 Å². The number of imide groups is 1. The molecule has 0 radical (unpaired) electrons. The molecule has 1 saturated heterocycles. The summed E-state index contributed by atoms with van der Waals surface area (Å²) in [7, 11) is 0. The SMILES string of the molecule is CC(C)CC[C@@]1(C)NC(=O)N(CC(=O)Nc2ccccc2I)C1=O. The zero-order chi connectivity index (χ0) is 17.9. The van der Waals surface area contributed by atoms with Gasteiger partial charge < -0.3 is 10.6 Å². The van der Waals surface area contributed by atoms with Crippen molar-refractivity contribution in [1.29, 1.82) is 0 Å². The maximum atomic E-state index is 12.6. The molecule has 7 heteroatoms. The molecule has 6 nitrogen and oxygen atoms in total. The predicted molar refractivity (Wildman–Crippen MR) is 101 cm³/mol. The van der Waals surface area contributed by atoms with Gasteiger partial charge in [0.05, 0.1) is 5.69 Å². The summed E-state index contributed by atoms with van der Waals surface area (Å²) in [5, 5.41) is 5.46. The summed E-state index contributed by atoms with van der Waals surface area (Å²) in [5.74, 6) is -0.300. The Morgan fingerprint density at radius 3 is 2.62 bits per heavy atom. The van der Waals surface area contributed by atoms with Crippen molar-refractivity contribution < 1.29 is 14.4 Å². The minimum absolute atomic E-state index is 0.285. The van der Waals surface area contributed by atoms with E-state index in [2.05, 4.69) is 47.1 Å². The molecule has 0 bridgehead atoms. The molecule has 1 aromatic rings. The maximum Gasteiger partial charge on any atom is 0.325 e. The van der Waals surface area contributed by atoms with Crippen LogP contribution in [0.3, 0.4) is 0 Å². The van der Waals surface area contributed by atoms with E-state index in [0.29, 0.717) is 18.0 Å². The van der Waals surface area contributed by atoms with E-state index in [1.165, 1.54) is 0 Å². The third kappa shape index (κ3) is 4.25. The number of halogens is 1. The first-order valence-corrected chi connectivity index (χ1v) is 8.99. The molecule has 130 valence electrons. The van der Waals surface area contributed by atoms with Gasteiger partial charge in [-0.1, -0.05) is 26.0 Å². The van der Waals surface area contributed by atoms with Crippen LogP contribution in [0.5, 0.6) is 0 Å². The molecular weight excluding hydrogens is 421 g/mol. The summed E-state index contributed by atoms with van der Waals surface area (Å²) in [4.78, 5) is 37.9. The number of hydrogen-bond donors (Lipinski definition) is 2. The molecule has 0 aromatic heterocycles. The fraction of sp³-hybridized carbons (Fsp3) is 0.471. The van der Waals surface area contributed by atoms with Crippen molar-refractivity contribution >= 4 is 46.1 Å². The standard InChI is InChI=1S/C17H22IN3O3/c1-11(2)8-9-17(3)15(23)21(16(24)20-17)10-14(22)19-13-7-5-4-6-12(13)18/h4-7,11H,8-10H2,1-3H3,(H,19,22)(H,20,24)/t17-/m1/s1. The third-order valence-corrected chi connectivity index (χ3v) is 4.96. The number of para-hydroxylation sites is 1. The monoisotopic (exact) mass is 443 g/mol. The number of amides is 4. The minimum Gasteiger partial charge on any atom is -0.324 e. The average Bonchev–Trinajstić information content (AvgIpc) is 2.72. The van der Waals surface area contributed by atoms with Gasteiger partial charge in [0.25, 0.3) is 5.91 Å². The van der Waals surface area contributed by atoms with Gasteiger partial charge in [-0.25, -0.2) is 4.79 Å². The highest BCUT2D eigenvalue weighted by molar-refractivity contribution is 14.1. The summed E-state index contributed by atoms with van der Waals surface area (Å²) in [5.41, 5.74) is -0.263. The summed E-state index contributed by atoms with van der Waals surface area (Å²) >= 11 is 2.11. The van der Waals surface area contributed by atoms with Crippen molar-refractivity contribution in [3.05, 3.63) is 27.8 Å². The molecule has 0 unspecified atom stereocenters. The summed E-state index contributed by atoms with van der Waals surface area (Å²) in [6.45, 7) is 5.56. The lowest BCUT2D eigenvalue weighted by Crippen LogP contribution is -2.44. The van der Waals surface area contributed by atoms with Crippen LogP contribution in [0.1, 0.15) is 33.6 Å². The zero-order valence-corrected chi connectivity index (χ0v) is 16.2. The molecule has 1 aliphatic rings. The van der Waals surface area contributed by atoms with Gasteiger partial charge >= 0.3 is 6.03 Å². The summed E-state index contributed by atoms with van der Waals surface area (Å²) in [6, 6.07) is 6.82. The predicted octanol–water partition coefficient (Wildman–Crippen LogP) is 2.98. The van der Waals surface area contributed by atoms with Gasteiger partial charge in [-0.15, -0.1) is 0 Å². The highest BCUT2D eigenvalue weighted by Gasteiger charge is 2.47. The Labute approximate surface area is 155 Å². The van der Waals surface area contributed by atoms with Crippen LogP contribution in [0, 0.1) is 9.49 Å². The number of nitrogens with one attached hydrogen (secondary N) is 2. The smallest absolute Gasteiger partial charge is 0.324 e. The van der Waals surface area contributed by atoms with E-state index in [4.69, 9.17) is 0 Å². The lowest BCUT2D eigenvalue weighted by atomic mass is 9.92. The highest BCUT2D eigenvalue weighted by Crippen LogP contribution is 2.25. The highest BCUT2D eigenvalue weighted by atomic mass is 127. The Morgan fingerprint density at radius 2 is 2.00 bits per heavy atom. The molecule has 0 aliphatic carbocycles. The molecule has 1 aliphatic heterocycles. The Kier molecular flexibility index (Phi) is 5.84. The molecule has 2 N–H and O–H groups in total. The Balaban J connectivity index is 2.02. The van der Waals surface area contributed by atoms with E-state index in [-0.39, 0.29) is 12.5 Å². The van der Waals surface area contributed by atoms with E-state index >= 15 is 0 Å². The maximum absolute atomic E-state index is 12.6. The van der Waals surface area contributed by atoms with Crippen molar-refractivity contribution in [2.45, 2.75) is 39.2 Å². The molecule has 0 spiro atoms. The topological polar surface area (TPSA) is 78.5 Å². The number of rotatable bonds is 6. The lowest BCUT2D eigenvalue weighted by molar-refractivity contribution is -0.133. The molecular formula is C17H22IN3O3. The number of urea groups is 1. The molecule has 1 heterocycles. The van der Waals surface area contributed by atoms with Crippen molar-refractivity contribution in [1.82, 2.24) is 10.2 Å². The number of anilines is 1. The Morgan fingerprint density at radius 1 is 1.33 bits per heavy atom. The summed E-state index contributed by atoms with van der Waals surface area (Å²) < 4.78 is 0.891. The second-order valence-corrected chi connectivity index (χ2v) is 7.78. The molecule has 0 saturated carbocycles. The second kappa shape index (κ2) is 7.50. The lowest BCUT2D eigenvalue weighted by Gasteiger charge is -2.22. The molecule has 24 heavy (non-hydrogen) atoms. The van der Waals surface area contributed by atoms with E-state index in [1.807, 2.05) is 18.2 Å². The third-order valence-electron chi connectivity index (χ3n) is 4.02. The van der Waals surface area contributed by atoms with Crippen molar-refractivity contribution in [2.75, 3.05) is 11.9 Å². The number of hydrogen-bond acceptors (Lipinski definition) is 3. The van der Waals surface area contributed by atoms with Crippen LogP contribution < -0.4 is 10.6 Å². The van der Waals surface area contributed by atoms with Gasteiger partial charge in [0.1, 0.15) is 12.1 Å². The van der Waals surface area contributed by atoms with E-state index in [9.17, 15) is 14.4 Å². The molecule has 1 aromatic carbocycles. The van der Waals surface area contributed by atoms with Crippen LogP contribution in [-0.4, -0.2) is 34.8 Å². The number of carbonyl (C=O) groups excluding carboxylic acids is 3. The second-order valence-electron chi connectivity index (χ2n) is 6.61. The largest absolute Gasteiger partial charge is 0.325 e. The number of carbonyl (C=O) groups is 3. The van der Waals surface area contributed by atoms with Crippen LogP contribution >= 0.6 is 22.6 Å². The molecule has 1 atom stereocenters. The van der Waals surface area contributed by atoms with Gasteiger partial charge in [0.2, 0.25) is 5.91 Å². The first kappa shape index (κ1) is 18.7. The first-order valence-electron chi connectivity index (χ1n) is 7.91. The first-order chi connectivity index (χ1) is 11.2. The normalized spacial score (nSPS) is 20.5. The molecule has 4 amide bonds. The van der Waals surface area contributed by atoms with Gasteiger partial charge in [-0.05, 0) is 60.4 Å². The minimum atomic E-state index is -0.928. The number of nitrogens with zero attached hydrogens (tertiary/aromatic N) is 1. The van der Waals surface area contributed by atoms with Crippen molar-refractivity contribution in [2.24, 2.45) is 5.92 Å².